The summed E-state index contributed by atoms with van der Waals surface area (Å²) in [5.74, 6) is -0.130. The molecule has 3 rings (SSSR count). The Morgan fingerprint density at radius 1 is 1.00 bits per heavy atom. The van der Waals surface area contributed by atoms with Gasteiger partial charge in [0.15, 0.2) is 0 Å². The summed E-state index contributed by atoms with van der Waals surface area (Å²) in [6, 6.07) is 9.70. The molecule has 0 spiro atoms. The van der Waals surface area contributed by atoms with Crippen molar-refractivity contribution in [3.63, 3.8) is 0 Å². The first-order chi connectivity index (χ1) is 10.9. The first-order valence-electron chi connectivity index (χ1n) is 6.89. The number of benzene rings is 1. The highest BCUT2D eigenvalue weighted by Gasteiger charge is 2.32. The Hall–Kier alpha value is -2.63. The number of hydrogen-bond donors (Lipinski definition) is 0. The molecule has 0 unspecified atom stereocenters. The number of halogens is 4. The van der Waals surface area contributed by atoms with E-state index in [1.54, 1.807) is 23.2 Å². The molecule has 0 bridgehead atoms. The Morgan fingerprint density at radius 2 is 1.74 bits per heavy atom. The molecule has 0 radical (unpaired) electrons. The first-order valence-corrected chi connectivity index (χ1v) is 6.89. The fourth-order valence-electron chi connectivity index (χ4n) is 2.27. The molecule has 0 saturated carbocycles. The number of nitrogens with zero attached hydrogens (tertiary/aromatic N) is 2. The highest BCUT2D eigenvalue weighted by molar-refractivity contribution is 5.77. The van der Waals surface area contributed by atoms with Crippen LogP contribution in [0, 0.1) is 5.82 Å². The van der Waals surface area contributed by atoms with Crippen LogP contribution >= 0.6 is 0 Å². The van der Waals surface area contributed by atoms with E-state index in [1.165, 1.54) is 24.3 Å². The average Bonchev–Trinajstić information content (AvgIpc) is 2.55. The molecule has 0 N–H and O–H groups in total. The van der Waals surface area contributed by atoms with E-state index in [4.69, 9.17) is 0 Å². The lowest BCUT2D eigenvalue weighted by atomic mass is 10.0. The van der Waals surface area contributed by atoms with Crippen LogP contribution in [0.4, 0.5) is 23.4 Å². The molecule has 0 saturated heterocycles. The van der Waals surface area contributed by atoms with Gasteiger partial charge < -0.3 is 4.90 Å². The molecule has 0 amide bonds. The maximum absolute atomic E-state index is 13.0. The summed E-state index contributed by atoms with van der Waals surface area (Å²) >= 11 is 0. The number of hydrogen-bond acceptors (Lipinski definition) is 2. The van der Waals surface area contributed by atoms with Crippen molar-refractivity contribution in [3.05, 3.63) is 77.9 Å². The lowest BCUT2D eigenvalue weighted by molar-refractivity contribution is -0.141. The van der Waals surface area contributed by atoms with Gasteiger partial charge in [-0.05, 0) is 35.4 Å². The maximum atomic E-state index is 13.0. The molecular formula is C17H12F4N2. The molecule has 2 nitrogen and oxygen atoms in total. The Balaban J connectivity index is 1.92. The van der Waals surface area contributed by atoms with Crippen LogP contribution in [0.3, 0.4) is 0 Å². The highest BCUT2D eigenvalue weighted by Crippen LogP contribution is 2.30. The summed E-state index contributed by atoms with van der Waals surface area (Å²) in [4.78, 5) is 5.29. The number of alkyl halides is 3. The summed E-state index contributed by atoms with van der Waals surface area (Å²) < 4.78 is 51.3. The molecule has 1 aromatic heterocycles. The zero-order chi connectivity index (χ0) is 16.4. The maximum Gasteiger partial charge on any atom is 0.433 e. The summed E-state index contributed by atoms with van der Waals surface area (Å²) in [5, 5.41) is 0. The van der Waals surface area contributed by atoms with Gasteiger partial charge in [0, 0.05) is 12.7 Å². The minimum absolute atomic E-state index is 0.212. The van der Waals surface area contributed by atoms with Gasteiger partial charge in [-0.25, -0.2) is 9.37 Å². The monoisotopic (exact) mass is 320 g/mol. The Kier molecular flexibility index (Phi) is 3.90. The zero-order valence-electron chi connectivity index (χ0n) is 11.9. The molecule has 2 aromatic rings. The Morgan fingerprint density at radius 3 is 2.43 bits per heavy atom. The lowest BCUT2D eigenvalue weighted by Crippen LogP contribution is -2.21. The van der Waals surface area contributed by atoms with Crippen LogP contribution in [0.1, 0.15) is 11.3 Å². The second-order valence-corrected chi connectivity index (χ2v) is 5.02. The summed E-state index contributed by atoms with van der Waals surface area (Å²) in [6.07, 6.45) is 0.888. The Bertz CT molecular complexity index is 761. The normalized spacial score (nSPS) is 14.8. The van der Waals surface area contributed by atoms with Crippen LogP contribution in [0.15, 0.2) is 60.8 Å². The molecule has 2 heterocycles. The third kappa shape index (κ3) is 3.41. The van der Waals surface area contributed by atoms with E-state index in [1.807, 2.05) is 12.2 Å². The molecule has 0 fully saturated rings. The van der Waals surface area contributed by atoms with Crippen LogP contribution in [0.25, 0.3) is 5.57 Å². The zero-order valence-corrected chi connectivity index (χ0v) is 11.9. The SMILES string of the molecule is Fc1ccc(C2=CN(c3cccc(C(F)(F)F)n3)CC=C2)cc1. The van der Waals surface area contributed by atoms with Gasteiger partial charge in [0.1, 0.15) is 17.3 Å². The number of pyridine rings is 1. The molecule has 1 aliphatic rings. The Labute approximate surface area is 130 Å². The van der Waals surface area contributed by atoms with Crippen molar-refractivity contribution in [1.29, 1.82) is 0 Å². The number of aromatic nitrogens is 1. The van der Waals surface area contributed by atoms with E-state index in [0.29, 0.717) is 6.54 Å². The van der Waals surface area contributed by atoms with Gasteiger partial charge in [0.25, 0.3) is 0 Å². The molecule has 23 heavy (non-hydrogen) atoms. The molecule has 1 aliphatic heterocycles. The van der Waals surface area contributed by atoms with Gasteiger partial charge in [0.2, 0.25) is 0 Å². The van der Waals surface area contributed by atoms with Crippen molar-refractivity contribution in [2.75, 3.05) is 11.4 Å². The molecule has 0 atom stereocenters. The van der Waals surface area contributed by atoms with Crippen molar-refractivity contribution in [3.8, 4) is 0 Å². The van der Waals surface area contributed by atoms with E-state index in [-0.39, 0.29) is 11.6 Å². The van der Waals surface area contributed by atoms with E-state index in [0.717, 1.165) is 17.2 Å². The minimum Gasteiger partial charge on any atom is -0.329 e. The van der Waals surface area contributed by atoms with Crippen molar-refractivity contribution < 1.29 is 17.6 Å². The van der Waals surface area contributed by atoms with E-state index in [9.17, 15) is 17.6 Å². The fraction of sp³-hybridized carbons (Fsp3) is 0.118. The fourth-order valence-corrected chi connectivity index (χ4v) is 2.27. The van der Waals surface area contributed by atoms with Crippen molar-refractivity contribution in [2.24, 2.45) is 0 Å². The van der Waals surface area contributed by atoms with Crippen LogP contribution < -0.4 is 4.90 Å². The number of rotatable bonds is 2. The van der Waals surface area contributed by atoms with Gasteiger partial charge in [0.05, 0.1) is 0 Å². The van der Waals surface area contributed by atoms with Gasteiger partial charge in [-0.3, -0.25) is 0 Å². The molecule has 118 valence electrons. The van der Waals surface area contributed by atoms with Crippen molar-refractivity contribution in [1.82, 2.24) is 4.98 Å². The third-order valence-electron chi connectivity index (χ3n) is 3.39. The largest absolute Gasteiger partial charge is 0.433 e. The van der Waals surface area contributed by atoms with E-state index >= 15 is 0 Å². The van der Waals surface area contributed by atoms with E-state index in [2.05, 4.69) is 4.98 Å². The minimum atomic E-state index is -4.48. The second-order valence-electron chi connectivity index (χ2n) is 5.02. The predicted octanol–water partition coefficient (Wildman–Crippen LogP) is 4.66. The van der Waals surface area contributed by atoms with Crippen LogP contribution in [-0.2, 0) is 6.18 Å². The standard InChI is InChI=1S/C17H12F4N2/c18-14-8-6-12(7-9-14)13-3-2-10-23(11-13)16-5-1-4-15(22-16)17(19,20)21/h1-9,11H,10H2. The predicted molar refractivity (Wildman–Crippen MR) is 80.1 cm³/mol. The second kappa shape index (κ2) is 5.87. The van der Waals surface area contributed by atoms with Crippen LogP contribution in [-0.4, -0.2) is 11.5 Å². The summed E-state index contributed by atoms with van der Waals surface area (Å²) in [6.45, 7) is 0.416. The van der Waals surface area contributed by atoms with Gasteiger partial charge in [-0.2, -0.15) is 13.2 Å². The highest BCUT2D eigenvalue weighted by atomic mass is 19.4. The third-order valence-corrected chi connectivity index (χ3v) is 3.39. The molecule has 6 heteroatoms. The lowest BCUT2D eigenvalue weighted by Gasteiger charge is -2.23. The molecule has 1 aromatic carbocycles. The first kappa shape index (κ1) is 15.3. The topological polar surface area (TPSA) is 16.1 Å². The number of allylic oxidation sites excluding steroid dienone is 2. The van der Waals surface area contributed by atoms with Crippen molar-refractivity contribution >= 4 is 11.4 Å². The quantitative estimate of drug-likeness (QED) is 0.748. The van der Waals surface area contributed by atoms with Gasteiger partial charge in [-0.15, -0.1) is 0 Å². The average molecular weight is 320 g/mol. The summed E-state index contributed by atoms with van der Waals surface area (Å²) in [7, 11) is 0. The smallest absolute Gasteiger partial charge is 0.329 e. The summed E-state index contributed by atoms with van der Waals surface area (Å²) in [5.41, 5.74) is 0.621. The van der Waals surface area contributed by atoms with Gasteiger partial charge >= 0.3 is 6.18 Å². The van der Waals surface area contributed by atoms with E-state index < -0.39 is 11.9 Å². The van der Waals surface area contributed by atoms with Crippen LogP contribution in [0.2, 0.25) is 0 Å². The van der Waals surface area contributed by atoms with Crippen LogP contribution in [0.5, 0.6) is 0 Å². The molecular weight excluding hydrogens is 308 g/mol. The van der Waals surface area contributed by atoms with Crippen molar-refractivity contribution in [2.45, 2.75) is 6.18 Å². The number of anilines is 1. The van der Waals surface area contributed by atoms with Gasteiger partial charge in [-0.1, -0.05) is 30.4 Å². The molecule has 0 aliphatic carbocycles.